The maximum absolute atomic E-state index is 12.2. The number of anilines is 2. The number of likely N-dealkylation sites (N-methyl/N-ethyl adjacent to an activating group) is 1. The lowest BCUT2D eigenvalue weighted by molar-refractivity contribution is 0.0995. The average Bonchev–Trinajstić information content (AvgIpc) is 2.97. The van der Waals surface area contributed by atoms with Gasteiger partial charge in [0.05, 0.1) is 0 Å². The first kappa shape index (κ1) is 15.6. The van der Waals surface area contributed by atoms with Crippen LogP contribution in [0.5, 0.6) is 0 Å². The number of amides is 1. The number of nitrogens with zero attached hydrogens (tertiary/aromatic N) is 2. The number of nitrogens with one attached hydrogen (secondary N) is 1. The van der Waals surface area contributed by atoms with Crippen molar-refractivity contribution in [3.05, 3.63) is 47.4 Å². The predicted octanol–water partition coefficient (Wildman–Crippen LogP) is 2.90. The summed E-state index contributed by atoms with van der Waals surface area (Å²) < 4.78 is 5.36. The topological polar surface area (TPSA) is 48.7 Å². The van der Waals surface area contributed by atoms with Gasteiger partial charge in [0.25, 0.3) is 5.91 Å². The summed E-state index contributed by atoms with van der Waals surface area (Å²) >= 11 is 0. The van der Waals surface area contributed by atoms with Crippen molar-refractivity contribution in [3.63, 3.8) is 0 Å². The van der Waals surface area contributed by atoms with E-state index in [9.17, 15) is 4.79 Å². The fourth-order valence-electron chi connectivity index (χ4n) is 2.79. The number of rotatable bonds is 3. The molecule has 5 heteroatoms. The van der Waals surface area contributed by atoms with E-state index in [0.29, 0.717) is 5.76 Å². The van der Waals surface area contributed by atoms with E-state index in [1.807, 2.05) is 19.9 Å². The van der Waals surface area contributed by atoms with Crippen molar-refractivity contribution in [2.75, 3.05) is 43.4 Å². The van der Waals surface area contributed by atoms with Crippen LogP contribution in [0.15, 0.2) is 34.7 Å². The van der Waals surface area contributed by atoms with Crippen molar-refractivity contribution in [3.8, 4) is 0 Å². The van der Waals surface area contributed by atoms with E-state index in [1.165, 1.54) is 5.69 Å². The summed E-state index contributed by atoms with van der Waals surface area (Å²) in [5, 5.41) is 2.92. The quantitative estimate of drug-likeness (QED) is 0.946. The second-order valence-electron chi connectivity index (χ2n) is 6.15. The molecular weight excluding hydrogens is 290 g/mol. The van der Waals surface area contributed by atoms with Crippen molar-refractivity contribution in [2.45, 2.75) is 13.8 Å². The van der Waals surface area contributed by atoms with Gasteiger partial charge in [-0.25, -0.2) is 0 Å². The average molecular weight is 313 g/mol. The van der Waals surface area contributed by atoms with Gasteiger partial charge in [0, 0.05) is 37.6 Å². The van der Waals surface area contributed by atoms with Crippen LogP contribution in [0, 0.1) is 13.8 Å². The van der Waals surface area contributed by atoms with Crippen LogP contribution in [0.4, 0.5) is 11.4 Å². The summed E-state index contributed by atoms with van der Waals surface area (Å²) in [6, 6.07) is 9.66. The molecule has 2 aromatic rings. The molecule has 2 heterocycles. The van der Waals surface area contributed by atoms with Crippen LogP contribution in [0.25, 0.3) is 0 Å². The molecule has 1 aromatic heterocycles. The first-order valence-corrected chi connectivity index (χ1v) is 7.95. The molecule has 0 unspecified atom stereocenters. The Morgan fingerprint density at radius 1 is 1.09 bits per heavy atom. The Hall–Kier alpha value is -2.27. The van der Waals surface area contributed by atoms with Crippen LogP contribution in [-0.2, 0) is 0 Å². The Morgan fingerprint density at radius 3 is 2.43 bits per heavy atom. The molecule has 122 valence electrons. The Bertz CT molecular complexity index is 700. The Kier molecular flexibility index (Phi) is 4.39. The van der Waals surface area contributed by atoms with Gasteiger partial charge < -0.3 is 19.5 Å². The minimum Gasteiger partial charge on any atom is -0.456 e. The van der Waals surface area contributed by atoms with Gasteiger partial charge in [-0.3, -0.25) is 4.79 Å². The van der Waals surface area contributed by atoms with Gasteiger partial charge >= 0.3 is 0 Å². The zero-order valence-electron chi connectivity index (χ0n) is 13.9. The molecule has 0 aliphatic carbocycles. The maximum Gasteiger partial charge on any atom is 0.291 e. The smallest absolute Gasteiger partial charge is 0.291 e. The number of benzene rings is 1. The Balaban J connectivity index is 1.71. The highest BCUT2D eigenvalue weighted by Crippen LogP contribution is 2.24. The molecule has 1 aliphatic heterocycles. The van der Waals surface area contributed by atoms with Crippen LogP contribution in [0.3, 0.4) is 0 Å². The van der Waals surface area contributed by atoms with Crippen molar-refractivity contribution in [2.24, 2.45) is 0 Å². The molecule has 1 aromatic carbocycles. The zero-order valence-corrected chi connectivity index (χ0v) is 13.9. The van der Waals surface area contributed by atoms with E-state index < -0.39 is 0 Å². The molecule has 1 saturated heterocycles. The molecule has 0 radical (unpaired) electrons. The van der Waals surface area contributed by atoms with Gasteiger partial charge in [0.1, 0.15) is 5.76 Å². The highest BCUT2D eigenvalue weighted by atomic mass is 16.3. The summed E-state index contributed by atoms with van der Waals surface area (Å²) in [7, 11) is 2.15. The molecule has 1 amide bonds. The fourth-order valence-corrected chi connectivity index (χ4v) is 2.79. The van der Waals surface area contributed by atoms with Crippen molar-refractivity contribution >= 4 is 17.3 Å². The van der Waals surface area contributed by atoms with Crippen molar-refractivity contribution < 1.29 is 9.21 Å². The first-order chi connectivity index (χ1) is 11.0. The summed E-state index contributed by atoms with van der Waals surface area (Å²) in [5.74, 6) is 0.857. The molecule has 1 aliphatic rings. The minimum absolute atomic E-state index is 0.214. The molecule has 0 spiro atoms. The van der Waals surface area contributed by atoms with E-state index in [0.717, 1.165) is 43.2 Å². The lowest BCUT2D eigenvalue weighted by Crippen LogP contribution is -2.44. The fraction of sp³-hybridized carbons (Fsp3) is 0.389. The molecular formula is C18H23N3O2. The minimum atomic E-state index is -0.214. The number of hydrogen-bond donors (Lipinski definition) is 1. The number of hydrogen-bond acceptors (Lipinski definition) is 4. The number of piperazine rings is 1. The SMILES string of the molecule is Cc1ccc(C(=O)Nc2ccc(N3CCN(C)CC3)cc2C)o1. The second kappa shape index (κ2) is 6.46. The molecule has 5 nitrogen and oxygen atoms in total. The third kappa shape index (κ3) is 3.56. The highest BCUT2D eigenvalue weighted by molar-refractivity contribution is 6.02. The van der Waals surface area contributed by atoms with E-state index in [-0.39, 0.29) is 5.91 Å². The van der Waals surface area contributed by atoms with Gasteiger partial charge in [0.15, 0.2) is 5.76 Å². The van der Waals surface area contributed by atoms with Gasteiger partial charge in [-0.05, 0) is 56.8 Å². The lowest BCUT2D eigenvalue weighted by Gasteiger charge is -2.34. The first-order valence-electron chi connectivity index (χ1n) is 7.95. The zero-order chi connectivity index (χ0) is 16.4. The maximum atomic E-state index is 12.2. The van der Waals surface area contributed by atoms with Crippen LogP contribution < -0.4 is 10.2 Å². The number of carbonyl (C=O) groups is 1. The lowest BCUT2D eigenvalue weighted by atomic mass is 10.1. The Morgan fingerprint density at radius 2 is 1.83 bits per heavy atom. The molecule has 3 rings (SSSR count). The van der Waals surface area contributed by atoms with Crippen molar-refractivity contribution in [1.29, 1.82) is 0 Å². The molecule has 0 atom stereocenters. The largest absolute Gasteiger partial charge is 0.456 e. The van der Waals surface area contributed by atoms with E-state index in [1.54, 1.807) is 12.1 Å². The number of aryl methyl sites for hydroxylation is 2. The van der Waals surface area contributed by atoms with Crippen molar-refractivity contribution in [1.82, 2.24) is 4.90 Å². The third-order valence-electron chi connectivity index (χ3n) is 4.29. The summed E-state index contributed by atoms with van der Waals surface area (Å²) in [6.07, 6.45) is 0. The van der Waals surface area contributed by atoms with Crippen LogP contribution >= 0.6 is 0 Å². The van der Waals surface area contributed by atoms with Gasteiger partial charge in [-0.15, -0.1) is 0 Å². The summed E-state index contributed by atoms with van der Waals surface area (Å²) in [5.41, 5.74) is 3.09. The third-order valence-corrected chi connectivity index (χ3v) is 4.29. The standard InChI is InChI=1S/C18H23N3O2/c1-13-12-15(21-10-8-20(3)9-11-21)5-6-16(13)19-18(22)17-7-4-14(2)23-17/h4-7,12H,8-11H2,1-3H3,(H,19,22). The van der Waals surface area contributed by atoms with Crippen LogP contribution in [-0.4, -0.2) is 44.0 Å². The van der Waals surface area contributed by atoms with Gasteiger partial charge in [-0.1, -0.05) is 0 Å². The number of furan rings is 1. The molecule has 1 N–H and O–H groups in total. The second-order valence-corrected chi connectivity index (χ2v) is 6.15. The molecule has 0 bridgehead atoms. The summed E-state index contributed by atoms with van der Waals surface area (Å²) in [4.78, 5) is 16.9. The van der Waals surface area contributed by atoms with Crippen LogP contribution in [0.1, 0.15) is 21.9 Å². The normalized spacial score (nSPS) is 15.7. The van der Waals surface area contributed by atoms with Gasteiger partial charge in [-0.2, -0.15) is 0 Å². The van der Waals surface area contributed by atoms with E-state index in [2.05, 4.69) is 34.3 Å². The monoisotopic (exact) mass is 313 g/mol. The summed E-state index contributed by atoms with van der Waals surface area (Å²) in [6.45, 7) is 8.07. The van der Waals surface area contributed by atoms with E-state index >= 15 is 0 Å². The van der Waals surface area contributed by atoms with Crippen LogP contribution in [0.2, 0.25) is 0 Å². The Labute approximate surface area is 136 Å². The molecule has 1 fully saturated rings. The molecule has 0 saturated carbocycles. The number of carbonyl (C=O) groups excluding carboxylic acids is 1. The van der Waals surface area contributed by atoms with E-state index in [4.69, 9.17) is 4.42 Å². The molecule has 23 heavy (non-hydrogen) atoms. The van der Waals surface area contributed by atoms with Gasteiger partial charge in [0.2, 0.25) is 0 Å². The predicted molar refractivity (Wildman–Crippen MR) is 92.3 cm³/mol. The highest BCUT2D eigenvalue weighted by Gasteiger charge is 2.16.